The van der Waals surface area contributed by atoms with E-state index >= 15 is 0 Å². The summed E-state index contributed by atoms with van der Waals surface area (Å²) in [5, 5.41) is 0.622. The second-order valence-electron chi connectivity index (χ2n) is 8.04. The molecule has 1 heterocycles. The molecule has 0 spiro atoms. The maximum atomic E-state index is 12.5. The first-order valence-electron chi connectivity index (χ1n) is 10.7. The van der Waals surface area contributed by atoms with E-state index in [4.69, 9.17) is 37.4 Å². The van der Waals surface area contributed by atoms with Crippen LogP contribution in [0.5, 0.6) is 11.5 Å². The Hall–Kier alpha value is -3.61. The summed E-state index contributed by atoms with van der Waals surface area (Å²) in [5.74, 6) is -0.318. The van der Waals surface area contributed by atoms with Crippen molar-refractivity contribution in [1.29, 1.82) is 0 Å². The number of hydrogen-bond acceptors (Lipinski definition) is 6. The number of ether oxygens (including phenoxy) is 3. The molecule has 3 aromatic carbocycles. The molecule has 0 fully saturated rings. The van der Waals surface area contributed by atoms with E-state index in [-0.39, 0.29) is 28.1 Å². The molecule has 8 heteroatoms. The number of cyclic esters (lactones) is 1. The predicted octanol–water partition coefficient (Wildman–Crippen LogP) is 6.69. The van der Waals surface area contributed by atoms with Gasteiger partial charge in [0.1, 0.15) is 0 Å². The third-order valence-electron chi connectivity index (χ3n) is 5.27. The molecule has 35 heavy (non-hydrogen) atoms. The summed E-state index contributed by atoms with van der Waals surface area (Å²) < 4.78 is 16.2. The Morgan fingerprint density at radius 3 is 2.34 bits per heavy atom. The lowest BCUT2D eigenvalue weighted by molar-refractivity contribution is -0.129. The van der Waals surface area contributed by atoms with E-state index in [1.165, 1.54) is 18.7 Å². The Morgan fingerprint density at radius 1 is 1.03 bits per heavy atom. The van der Waals surface area contributed by atoms with E-state index < -0.39 is 11.9 Å². The van der Waals surface area contributed by atoms with Crippen LogP contribution >= 0.6 is 23.2 Å². The molecule has 0 radical (unpaired) electrons. The summed E-state index contributed by atoms with van der Waals surface area (Å²) in [6, 6.07) is 17.1. The first-order chi connectivity index (χ1) is 16.7. The van der Waals surface area contributed by atoms with Gasteiger partial charge in [0.25, 0.3) is 0 Å². The van der Waals surface area contributed by atoms with Gasteiger partial charge in [0.15, 0.2) is 17.2 Å². The van der Waals surface area contributed by atoms with Crippen LogP contribution < -0.4 is 9.47 Å². The fourth-order valence-electron chi connectivity index (χ4n) is 3.36. The van der Waals surface area contributed by atoms with Crippen molar-refractivity contribution >= 4 is 47.1 Å². The third kappa shape index (κ3) is 5.56. The van der Waals surface area contributed by atoms with Crippen molar-refractivity contribution < 1.29 is 23.8 Å². The van der Waals surface area contributed by atoms with Crippen molar-refractivity contribution in [2.75, 3.05) is 7.11 Å². The van der Waals surface area contributed by atoms with Crippen LogP contribution in [0.3, 0.4) is 0 Å². The number of aliphatic imine (C=N–C) groups is 1. The molecule has 1 aliphatic rings. The number of rotatable bonds is 6. The maximum Gasteiger partial charge on any atom is 0.363 e. The molecule has 0 atom stereocenters. The van der Waals surface area contributed by atoms with Gasteiger partial charge in [-0.25, -0.2) is 14.6 Å². The van der Waals surface area contributed by atoms with Crippen LogP contribution in [-0.2, 0) is 9.53 Å². The topological polar surface area (TPSA) is 74.2 Å². The Balaban J connectivity index is 1.59. The average Bonchev–Trinajstić information content (AvgIpc) is 3.20. The van der Waals surface area contributed by atoms with Gasteiger partial charge >= 0.3 is 11.9 Å². The molecule has 1 aliphatic heterocycles. The standard InChI is InChI=1S/C27H21Cl2NO5/c1-15(2)17-4-6-18(7-5-17)25-30-22(27(32)35-25)13-16-12-21(29)24(23(14-16)33-3)34-26(31)19-8-10-20(28)11-9-19/h4-15H,1-3H3/b22-13-. The Bertz CT molecular complexity index is 1340. The second kappa shape index (κ2) is 10.3. The van der Waals surface area contributed by atoms with E-state index in [1.807, 2.05) is 24.3 Å². The molecule has 0 saturated heterocycles. The van der Waals surface area contributed by atoms with Crippen molar-refractivity contribution in [3.05, 3.63) is 98.7 Å². The highest BCUT2D eigenvalue weighted by molar-refractivity contribution is 6.32. The maximum absolute atomic E-state index is 12.5. The molecule has 6 nitrogen and oxygen atoms in total. The van der Waals surface area contributed by atoms with Crippen molar-refractivity contribution in [3.63, 3.8) is 0 Å². The molecule has 0 unspecified atom stereocenters. The summed E-state index contributed by atoms with van der Waals surface area (Å²) >= 11 is 12.3. The Morgan fingerprint density at radius 2 is 1.71 bits per heavy atom. The van der Waals surface area contributed by atoms with Gasteiger partial charge in [-0.15, -0.1) is 0 Å². The van der Waals surface area contributed by atoms with Crippen LogP contribution in [0.4, 0.5) is 0 Å². The fourth-order valence-corrected chi connectivity index (χ4v) is 3.74. The van der Waals surface area contributed by atoms with Gasteiger partial charge in [0.05, 0.1) is 17.7 Å². The van der Waals surface area contributed by atoms with Gasteiger partial charge in [-0.3, -0.25) is 0 Å². The van der Waals surface area contributed by atoms with Crippen LogP contribution in [-0.4, -0.2) is 24.9 Å². The minimum Gasteiger partial charge on any atom is -0.493 e. The number of halogens is 2. The van der Waals surface area contributed by atoms with Gasteiger partial charge in [0, 0.05) is 10.6 Å². The zero-order chi connectivity index (χ0) is 25.1. The highest BCUT2D eigenvalue weighted by Gasteiger charge is 2.25. The molecule has 178 valence electrons. The van der Waals surface area contributed by atoms with Crippen LogP contribution in [0.25, 0.3) is 6.08 Å². The summed E-state index contributed by atoms with van der Waals surface area (Å²) in [5.41, 5.74) is 2.80. The van der Waals surface area contributed by atoms with Crippen LogP contribution in [0.15, 0.2) is 71.4 Å². The molecule has 0 N–H and O–H groups in total. The van der Waals surface area contributed by atoms with Crippen molar-refractivity contribution in [2.24, 2.45) is 4.99 Å². The highest BCUT2D eigenvalue weighted by Crippen LogP contribution is 2.38. The van der Waals surface area contributed by atoms with Crippen LogP contribution in [0, 0.1) is 0 Å². The summed E-state index contributed by atoms with van der Waals surface area (Å²) in [6.45, 7) is 4.21. The van der Waals surface area contributed by atoms with Gasteiger partial charge in [0.2, 0.25) is 5.90 Å². The molecular weight excluding hydrogens is 489 g/mol. The molecule has 4 rings (SSSR count). The lowest BCUT2D eigenvalue weighted by atomic mass is 10.0. The second-order valence-corrected chi connectivity index (χ2v) is 8.89. The number of carbonyl (C=O) groups is 2. The molecule has 0 amide bonds. The molecule has 3 aromatic rings. The van der Waals surface area contributed by atoms with Crippen LogP contribution in [0.1, 0.15) is 46.8 Å². The van der Waals surface area contributed by atoms with Gasteiger partial charge in [-0.05, 0) is 71.7 Å². The number of carbonyl (C=O) groups excluding carboxylic acids is 2. The minimum absolute atomic E-state index is 0.0553. The monoisotopic (exact) mass is 509 g/mol. The Labute approximate surface area is 212 Å². The van der Waals surface area contributed by atoms with E-state index in [0.29, 0.717) is 27.6 Å². The zero-order valence-corrected chi connectivity index (χ0v) is 20.7. The van der Waals surface area contributed by atoms with E-state index in [2.05, 4.69) is 18.8 Å². The average molecular weight is 510 g/mol. The molecule has 0 aliphatic carbocycles. The number of methoxy groups -OCH3 is 1. The Kier molecular flexibility index (Phi) is 7.24. The molecule has 0 aromatic heterocycles. The lowest BCUT2D eigenvalue weighted by Crippen LogP contribution is -2.09. The quantitative estimate of drug-likeness (QED) is 0.210. The van der Waals surface area contributed by atoms with Crippen LogP contribution in [0.2, 0.25) is 10.0 Å². The van der Waals surface area contributed by atoms with Crippen molar-refractivity contribution in [2.45, 2.75) is 19.8 Å². The molecular formula is C27H21Cl2NO5. The van der Waals surface area contributed by atoms with Gasteiger partial charge in [-0.1, -0.05) is 49.2 Å². The first kappa shape index (κ1) is 24.5. The molecule has 0 saturated carbocycles. The molecule has 0 bridgehead atoms. The third-order valence-corrected chi connectivity index (χ3v) is 5.81. The normalized spacial score (nSPS) is 14.2. The SMILES string of the molecule is COc1cc(/C=C2\N=C(c3ccc(C(C)C)cc3)OC2=O)cc(Cl)c1OC(=O)c1ccc(Cl)cc1. The van der Waals surface area contributed by atoms with Gasteiger partial charge < -0.3 is 14.2 Å². The van der Waals surface area contributed by atoms with E-state index in [1.54, 1.807) is 36.4 Å². The lowest BCUT2D eigenvalue weighted by Gasteiger charge is -2.12. The number of hydrogen-bond donors (Lipinski definition) is 0. The van der Waals surface area contributed by atoms with Gasteiger partial charge in [-0.2, -0.15) is 0 Å². The predicted molar refractivity (Wildman–Crippen MR) is 136 cm³/mol. The van der Waals surface area contributed by atoms with Crippen molar-refractivity contribution in [3.8, 4) is 11.5 Å². The fraction of sp³-hybridized carbons (Fsp3) is 0.148. The minimum atomic E-state index is -0.620. The summed E-state index contributed by atoms with van der Waals surface area (Å²) in [7, 11) is 1.42. The zero-order valence-electron chi connectivity index (χ0n) is 19.2. The first-order valence-corrected chi connectivity index (χ1v) is 11.5. The smallest absolute Gasteiger partial charge is 0.363 e. The largest absolute Gasteiger partial charge is 0.493 e. The number of esters is 2. The number of benzene rings is 3. The summed E-state index contributed by atoms with van der Waals surface area (Å²) in [4.78, 5) is 29.3. The highest BCUT2D eigenvalue weighted by atomic mass is 35.5. The van der Waals surface area contributed by atoms with E-state index in [0.717, 1.165) is 0 Å². The van der Waals surface area contributed by atoms with Crippen molar-refractivity contribution in [1.82, 2.24) is 0 Å². The summed E-state index contributed by atoms with van der Waals surface area (Å²) in [6.07, 6.45) is 1.52. The number of nitrogens with zero attached hydrogens (tertiary/aromatic N) is 1. The van der Waals surface area contributed by atoms with E-state index in [9.17, 15) is 9.59 Å².